The summed E-state index contributed by atoms with van der Waals surface area (Å²) in [5.41, 5.74) is -0.184. The molecule has 0 saturated carbocycles. The van der Waals surface area contributed by atoms with E-state index < -0.39 is 54.0 Å². The highest BCUT2D eigenvalue weighted by atomic mass is 16.6. The van der Waals surface area contributed by atoms with Crippen LogP contribution in [0.25, 0.3) is 0 Å². The SMILES string of the molecule is C#Cc1ccccc1C(C(=O)NCC(=O)OC)N(C#C)C(=O)C(NC(=O)OC(C)(C)C)C(C)C. The molecule has 0 heterocycles. The van der Waals surface area contributed by atoms with E-state index in [1.165, 1.54) is 7.11 Å². The first-order valence-corrected chi connectivity index (χ1v) is 10.5. The number of carbonyl (C=O) groups excluding carboxylic acids is 4. The first-order valence-electron chi connectivity index (χ1n) is 10.5. The summed E-state index contributed by atoms with van der Waals surface area (Å²) in [6.07, 6.45) is 10.5. The summed E-state index contributed by atoms with van der Waals surface area (Å²) >= 11 is 0. The first-order chi connectivity index (χ1) is 15.9. The van der Waals surface area contributed by atoms with Crippen molar-refractivity contribution in [2.45, 2.75) is 52.3 Å². The van der Waals surface area contributed by atoms with Crippen molar-refractivity contribution in [3.63, 3.8) is 0 Å². The van der Waals surface area contributed by atoms with Gasteiger partial charge in [-0.15, -0.1) is 6.42 Å². The second-order valence-electron chi connectivity index (χ2n) is 8.63. The Morgan fingerprint density at radius 3 is 2.24 bits per heavy atom. The second-order valence-corrected chi connectivity index (χ2v) is 8.63. The van der Waals surface area contributed by atoms with Crippen molar-refractivity contribution in [3.05, 3.63) is 35.4 Å². The molecule has 1 aromatic rings. The topological polar surface area (TPSA) is 114 Å². The average molecular weight is 470 g/mol. The van der Waals surface area contributed by atoms with E-state index in [2.05, 4.69) is 27.3 Å². The van der Waals surface area contributed by atoms with Crippen LogP contribution >= 0.6 is 0 Å². The van der Waals surface area contributed by atoms with Crippen LogP contribution in [0.15, 0.2) is 24.3 Å². The lowest BCUT2D eigenvalue weighted by molar-refractivity contribution is -0.143. The molecule has 0 fully saturated rings. The van der Waals surface area contributed by atoms with E-state index in [1.54, 1.807) is 58.9 Å². The van der Waals surface area contributed by atoms with Gasteiger partial charge >= 0.3 is 12.1 Å². The maximum Gasteiger partial charge on any atom is 0.408 e. The maximum atomic E-state index is 13.5. The van der Waals surface area contributed by atoms with Gasteiger partial charge in [-0.25, -0.2) is 4.79 Å². The van der Waals surface area contributed by atoms with Crippen LogP contribution < -0.4 is 10.6 Å². The molecule has 0 saturated heterocycles. The molecule has 0 aliphatic rings. The van der Waals surface area contributed by atoms with E-state index in [4.69, 9.17) is 17.6 Å². The van der Waals surface area contributed by atoms with Gasteiger partial charge in [0.25, 0.3) is 5.91 Å². The fourth-order valence-electron chi connectivity index (χ4n) is 2.96. The number of esters is 1. The predicted octanol–water partition coefficient (Wildman–Crippen LogP) is 1.97. The summed E-state index contributed by atoms with van der Waals surface area (Å²) < 4.78 is 9.81. The molecule has 9 nitrogen and oxygen atoms in total. The van der Waals surface area contributed by atoms with Gasteiger partial charge in [-0.2, -0.15) is 0 Å². The number of nitrogens with one attached hydrogen (secondary N) is 2. The van der Waals surface area contributed by atoms with E-state index in [1.807, 2.05) is 0 Å². The zero-order valence-corrected chi connectivity index (χ0v) is 20.3. The van der Waals surface area contributed by atoms with Crippen LogP contribution in [-0.4, -0.2) is 54.1 Å². The molecule has 1 rings (SSSR count). The highest BCUT2D eigenvalue weighted by Gasteiger charge is 2.38. The van der Waals surface area contributed by atoms with Crippen molar-refractivity contribution in [1.29, 1.82) is 0 Å². The van der Waals surface area contributed by atoms with Crippen molar-refractivity contribution in [2.24, 2.45) is 5.92 Å². The molecule has 0 radical (unpaired) electrons. The number of ether oxygens (including phenoxy) is 2. The van der Waals surface area contributed by atoms with Crippen LogP contribution in [-0.2, 0) is 23.9 Å². The molecule has 0 aliphatic heterocycles. The molecule has 9 heteroatoms. The summed E-state index contributed by atoms with van der Waals surface area (Å²) in [5.74, 6) is -0.109. The van der Waals surface area contributed by atoms with Gasteiger partial charge in [0.2, 0.25) is 5.91 Å². The molecule has 2 N–H and O–H groups in total. The number of hydrogen-bond acceptors (Lipinski definition) is 6. The minimum atomic E-state index is -1.38. The van der Waals surface area contributed by atoms with Crippen LogP contribution in [0.5, 0.6) is 0 Å². The Balaban J connectivity index is 3.43. The van der Waals surface area contributed by atoms with E-state index in [0.29, 0.717) is 5.56 Å². The Bertz CT molecular complexity index is 997. The average Bonchev–Trinajstić information content (AvgIpc) is 2.77. The molecule has 34 heavy (non-hydrogen) atoms. The summed E-state index contributed by atoms with van der Waals surface area (Å²) in [5, 5.41) is 4.94. The van der Waals surface area contributed by atoms with Crippen LogP contribution in [0.2, 0.25) is 0 Å². The second kappa shape index (κ2) is 12.3. The number of hydrogen-bond donors (Lipinski definition) is 2. The van der Waals surface area contributed by atoms with Crippen molar-refractivity contribution in [2.75, 3.05) is 13.7 Å². The highest BCUT2D eigenvalue weighted by molar-refractivity contribution is 5.94. The summed E-state index contributed by atoms with van der Waals surface area (Å²) in [4.78, 5) is 51.4. The molecular weight excluding hydrogens is 438 g/mol. The number of amides is 3. The van der Waals surface area contributed by atoms with Gasteiger partial charge in [0, 0.05) is 17.2 Å². The van der Waals surface area contributed by atoms with Crippen molar-refractivity contribution in [1.82, 2.24) is 15.5 Å². The highest BCUT2D eigenvalue weighted by Crippen LogP contribution is 2.26. The number of alkyl carbamates (subject to hydrolysis) is 1. The molecule has 0 spiro atoms. The van der Waals surface area contributed by atoms with E-state index in [9.17, 15) is 19.2 Å². The normalized spacial score (nSPS) is 12.4. The van der Waals surface area contributed by atoms with Crippen molar-refractivity contribution < 1.29 is 28.7 Å². The summed E-state index contributed by atoms with van der Waals surface area (Å²) in [6.45, 7) is 8.02. The van der Waals surface area contributed by atoms with Crippen molar-refractivity contribution in [3.8, 4) is 24.8 Å². The molecule has 0 bridgehead atoms. The number of rotatable bonds is 8. The van der Waals surface area contributed by atoms with Crippen LogP contribution in [0.4, 0.5) is 4.79 Å². The molecule has 2 unspecified atom stereocenters. The minimum absolute atomic E-state index is 0.276. The lowest BCUT2D eigenvalue weighted by Crippen LogP contribution is -2.53. The van der Waals surface area contributed by atoms with Crippen molar-refractivity contribution >= 4 is 23.9 Å². The maximum absolute atomic E-state index is 13.5. The molecule has 0 aliphatic carbocycles. The van der Waals surface area contributed by atoms with Gasteiger partial charge in [-0.05, 0) is 32.8 Å². The Morgan fingerprint density at radius 2 is 1.74 bits per heavy atom. The fraction of sp³-hybridized carbons (Fsp3) is 0.440. The Labute approximate surface area is 200 Å². The third-order valence-electron chi connectivity index (χ3n) is 4.53. The van der Waals surface area contributed by atoms with E-state index in [0.717, 1.165) is 4.90 Å². The molecular formula is C25H31N3O6. The quantitative estimate of drug-likeness (QED) is 0.342. The lowest BCUT2D eigenvalue weighted by atomic mass is 9.96. The molecule has 182 valence electrons. The number of carbonyl (C=O) groups is 4. The molecule has 1 aromatic carbocycles. The van der Waals surface area contributed by atoms with Crippen LogP contribution in [0.1, 0.15) is 51.8 Å². The monoisotopic (exact) mass is 469 g/mol. The summed E-state index contributed by atoms with van der Waals surface area (Å²) in [7, 11) is 1.17. The van der Waals surface area contributed by atoms with Gasteiger partial charge in [-0.1, -0.05) is 44.4 Å². The Kier molecular flexibility index (Phi) is 10.2. The smallest absolute Gasteiger partial charge is 0.408 e. The number of nitrogens with zero attached hydrogens (tertiary/aromatic N) is 1. The summed E-state index contributed by atoms with van der Waals surface area (Å²) in [6, 6.07) is 6.20. The van der Waals surface area contributed by atoms with E-state index in [-0.39, 0.29) is 5.56 Å². The molecule has 0 aromatic heterocycles. The third kappa shape index (κ3) is 7.86. The van der Waals surface area contributed by atoms with Gasteiger partial charge in [0.15, 0.2) is 0 Å². The van der Waals surface area contributed by atoms with Crippen LogP contribution in [0.3, 0.4) is 0 Å². The first kappa shape index (κ1) is 28.1. The third-order valence-corrected chi connectivity index (χ3v) is 4.53. The zero-order chi connectivity index (χ0) is 26.1. The van der Waals surface area contributed by atoms with Gasteiger partial charge in [-0.3, -0.25) is 19.3 Å². The van der Waals surface area contributed by atoms with Gasteiger partial charge in [0.1, 0.15) is 24.2 Å². The van der Waals surface area contributed by atoms with Crippen LogP contribution in [0, 0.1) is 30.7 Å². The van der Waals surface area contributed by atoms with Gasteiger partial charge in [0.05, 0.1) is 7.11 Å². The number of methoxy groups -OCH3 is 1. The Morgan fingerprint density at radius 1 is 1.12 bits per heavy atom. The Hall–Kier alpha value is -3.98. The number of terminal acetylenes is 2. The van der Waals surface area contributed by atoms with Gasteiger partial charge < -0.3 is 20.1 Å². The zero-order valence-electron chi connectivity index (χ0n) is 20.3. The predicted molar refractivity (Wildman–Crippen MR) is 126 cm³/mol. The minimum Gasteiger partial charge on any atom is -0.468 e. The number of benzene rings is 1. The van der Waals surface area contributed by atoms with E-state index >= 15 is 0 Å². The largest absolute Gasteiger partial charge is 0.468 e. The lowest BCUT2D eigenvalue weighted by Gasteiger charge is -2.32. The fourth-order valence-corrected chi connectivity index (χ4v) is 2.96. The standard InChI is InChI=1S/C25H31N3O6/c1-9-17-13-11-12-14-18(17)21(22(30)26-15-19(29)33-8)28(10-2)23(31)20(16(3)4)27-24(32)34-25(5,6)7/h1-2,11-14,16,20-21H,15H2,3-8H3,(H,26,30)(H,27,32). The molecule has 2 atom stereocenters. The molecule has 3 amide bonds.